The molecule has 9 aromatic rings. The number of fused-ring (bicyclic) bond motifs is 7. The standard InChI is InChI=1S/C49H31N3S/c1-3-10-30(11-4-1)32-18-22-34(23-19-32)47-50-48(35-24-20-33(21-25-35)31-12-5-2-6-13-31)52-49(51-47)36-26-27-39-43-29-42-38-15-8-7-14-37(38)40-16-9-17-41(45(40)42)46(43)53-44(39)28-36/h1-29,49H,(H,50,51,52). The lowest BCUT2D eigenvalue weighted by atomic mass is 9.99. The van der Waals surface area contributed by atoms with Gasteiger partial charge in [-0.2, -0.15) is 0 Å². The van der Waals surface area contributed by atoms with Gasteiger partial charge in [-0.05, 0) is 67.6 Å². The Morgan fingerprint density at radius 1 is 0.434 bits per heavy atom. The third kappa shape index (κ3) is 4.95. The highest BCUT2D eigenvalue weighted by molar-refractivity contribution is 7.26. The third-order valence-corrected chi connectivity index (χ3v) is 11.9. The van der Waals surface area contributed by atoms with E-state index in [0.717, 1.165) is 28.4 Å². The second-order valence-electron chi connectivity index (χ2n) is 13.8. The molecule has 1 unspecified atom stereocenters. The zero-order chi connectivity index (χ0) is 34.9. The van der Waals surface area contributed by atoms with E-state index >= 15 is 0 Å². The molecule has 2 aliphatic rings. The summed E-state index contributed by atoms with van der Waals surface area (Å²) in [6.07, 6.45) is -0.306. The molecule has 0 fully saturated rings. The summed E-state index contributed by atoms with van der Waals surface area (Å²) in [6, 6.07) is 63.1. The van der Waals surface area contributed by atoms with Crippen LogP contribution in [0.3, 0.4) is 0 Å². The highest BCUT2D eigenvalue weighted by atomic mass is 32.1. The predicted molar refractivity (Wildman–Crippen MR) is 224 cm³/mol. The van der Waals surface area contributed by atoms with Crippen molar-refractivity contribution in [2.75, 3.05) is 0 Å². The van der Waals surface area contributed by atoms with Gasteiger partial charge in [0.2, 0.25) is 0 Å². The summed E-state index contributed by atoms with van der Waals surface area (Å²) in [7, 11) is 0. The van der Waals surface area contributed by atoms with Crippen LogP contribution in [0.5, 0.6) is 0 Å². The second-order valence-corrected chi connectivity index (χ2v) is 14.8. The van der Waals surface area contributed by atoms with Gasteiger partial charge in [-0.1, -0.05) is 164 Å². The number of nitrogens with one attached hydrogen (secondary N) is 1. The van der Waals surface area contributed by atoms with Crippen molar-refractivity contribution >= 4 is 54.0 Å². The molecule has 53 heavy (non-hydrogen) atoms. The summed E-state index contributed by atoms with van der Waals surface area (Å²) in [5, 5.41) is 9.01. The Morgan fingerprint density at radius 3 is 1.72 bits per heavy atom. The van der Waals surface area contributed by atoms with Crippen molar-refractivity contribution in [2.24, 2.45) is 9.98 Å². The van der Waals surface area contributed by atoms with Gasteiger partial charge in [-0.15, -0.1) is 11.3 Å². The molecule has 0 saturated heterocycles. The van der Waals surface area contributed by atoms with Crippen molar-refractivity contribution in [1.29, 1.82) is 0 Å². The lowest BCUT2D eigenvalue weighted by molar-refractivity contribution is 0.675. The van der Waals surface area contributed by atoms with E-state index in [-0.39, 0.29) is 6.17 Å². The predicted octanol–water partition coefficient (Wildman–Crippen LogP) is 12.7. The number of hydrogen-bond acceptors (Lipinski definition) is 4. The Hall–Kier alpha value is -6.62. The van der Waals surface area contributed by atoms with Gasteiger partial charge in [0, 0.05) is 36.7 Å². The van der Waals surface area contributed by atoms with Crippen LogP contribution >= 0.6 is 11.3 Å². The summed E-state index contributed by atoms with van der Waals surface area (Å²) in [4.78, 5) is 10.4. The number of hydrogen-bond donors (Lipinski definition) is 1. The van der Waals surface area contributed by atoms with Gasteiger partial charge in [0.25, 0.3) is 0 Å². The minimum absolute atomic E-state index is 0.306. The summed E-state index contributed by atoms with van der Waals surface area (Å²) in [6.45, 7) is 0. The minimum Gasteiger partial charge on any atom is -0.344 e. The van der Waals surface area contributed by atoms with Crippen molar-refractivity contribution in [1.82, 2.24) is 5.32 Å². The van der Waals surface area contributed by atoms with Crippen LogP contribution in [-0.2, 0) is 0 Å². The molecular formula is C49H31N3S. The highest BCUT2D eigenvalue weighted by Gasteiger charge is 2.25. The van der Waals surface area contributed by atoms with E-state index in [1.807, 2.05) is 23.5 Å². The van der Waals surface area contributed by atoms with Crippen LogP contribution in [-0.4, -0.2) is 11.7 Å². The Morgan fingerprint density at radius 2 is 1.02 bits per heavy atom. The van der Waals surface area contributed by atoms with Gasteiger partial charge in [0.15, 0.2) is 5.84 Å². The van der Waals surface area contributed by atoms with E-state index < -0.39 is 0 Å². The fourth-order valence-corrected chi connectivity index (χ4v) is 9.34. The van der Waals surface area contributed by atoms with Crippen LogP contribution < -0.4 is 5.32 Å². The molecule has 1 N–H and O–H groups in total. The maximum Gasteiger partial charge on any atom is 0.159 e. The van der Waals surface area contributed by atoms with E-state index in [2.05, 4.69) is 169 Å². The molecule has 248 valence electrons. The van der Waals surface area contributed by atoms with E-state index in [1.165, 1.54) is 75.5 Å². The van der Waals surface area contributed by atoms with Crippen molar-refractivity contribution in [2.45, 2.75) is 6.17 Å². The van der Waals surface area contributed by atoms with E-state index in [0.29, 0.717) is 0 Å². The topological polar surface area (TPSA) is 36.8 Å². The lowest BCUT2D eigenvalue weighted by Crippen LogP contribution is -2.33. The number of aliphatic imine (C=N–C) groups is 2. The van der Waals surface area contributed by atoms with Gasteiger partial charge in [0.05, 0.1) is 0 Å². The molecule has 0 amide bonds. The molecule has 11 rings (SSSR count). The molecule has 0 radical (unpaired) electrons. The highest BCUT2D eigenvalue weighted by Crippen LogP contribution is 2.51. The van der Waals surface area contributed by atoms with Gasteiger partial charge in [0.1, 0.15) is 12.0 Å². The average Bonchev–Trinajstić information content (AvgIpc) is 3.78. The van der Waals surface area contributed by atoms with Crippen LogP contribution in [0.2, 0.25) is 0 Å². The summed E-state index contributed by atoms with van der Waals surface area (Å²) in [5.41, 5.74) is 13.2. The SMILES string of the molecule is c1ccc(-c2ccc(C3=NC(c4ccc5c(c4)sc4c6cccc7c6c(cc54)-c4ccccc4-7)NC(c4ccc(-c5ccccc5)cc4)=N3)cc2)cc1. The summed E-state index contributed by atoms with van der Waals surface area (Å²) >= 11 is 1.88. The first-order valence-corrected chi connectivity index (χ1v) is 18.8. The van der Waals surface area contributed by atoms with Gasteiger partial charge in [-0.3, -0.25) is 0 Å². The minimum atomic E-state index is -0.306. The quantitative estimate of drug-likeness (QED) is 0.191. The Balaban J connectivity index is 1.01. The van der Waals surface area contributed by atoms with Crippen molar-refractivity contribution in [3.63, 3.8) is 0 Å². The molecule has 0 spiro atoms. The van der Waals surface area contributed by atoms with E-state index in [1.54, 1.807) is 0 Å². The Kier molecular flexibility index (Phi) is 6.79. The van der Waals surface area contributed by atoms with Crippen LogP contribution in [0.15, 0.2) is 186 Å². The van der Waals surface area contributed by atoms with Crippen molar-refractivity contribution < 1.29 is 0 Å². The normalized spacial score (nSPS) is 14.6. The number of rotatable bonds is 5. The number of nitrogens with zero attached hydrogens (tertiary/aromatic N) is 2. The maximum atomic E-state index is 5.26. The van der Waals surface area contributed by atoms with Crippen molar-refractivity contribution in [3.05, 3.63) is 193 Å². The first-order valence-electron chi connectivity index (χ1n) is 18.0. The second kappa shape index (κ2) is 12.0. The largest absolute Gasteiger partial charge is 0.344 e. The fraction of sp³-hybridized carbons (Fsp3) is 0.0204. The molecule has 1 aliphatic heterocycles. The zero-order valence-corrected chi connectivity index (χ0v) is 29.4. The van der Waals surface area contributed by atoms with Crippen LogP contribution in [0, 0.1) is 0 Å². The maximum absolute atomic E-state index is 5.26. The van der Waals surface area contributed by atoms with Gasteiger partial charge >= 0.3 is 0 Å². The summed E-state index contributed by atoms with van der Waals surface area (Å²) in [5.74, 6) is 1.53. The number of benzene rings is 8. The van der Waals surface area contributed by atoms with Crippen LogP contribution in [0.1, 0.15) is 22.9 Å². The molecule has 1 aliphatic carbocycles. The Labute approximate surface area is 311 Å². The molecule has 2 heterocycles. The molecule has 0 bridgehead atoms. The average molecular weight is 694 g/mol. The zero-order valence-electron chi connectivity index (χ0n) is 28.6. The van der Waals surface area contributed by atoms with Gasteiger partial charge in [-0.25, -0.2) is 9.98 Å². The van der Waals surface area contributed by atoms with Crippen LogP contribution in [0.25, 0.3) is 75.5 Å². The first kappa shape index (κ1) is 30.0. The third-order valence-electron chi connectivity index (χ3n) is 10.7. The first-order chi connectivity index (χ1) is 26.2. The van der Waals surface area contributed by atoms with Gasteiger partial charge < -0.3 is 5.32 Å². The molecule has 8 aromatic carbocycles. The Bertz CT molecular complexity index is 2940. The monoisotopic (exact) mass is 693 g/mol. The molecular weight excluding hydrogens is 663 g/mol. The molecule has 0 saturated carbocycles. The number of amidine groups is 2. The van der Waals surface area contributed by atoms with Crippen molar-refractivity contribution in [3.8, 4) is 44.5 Å². The summed E-state index contributed by atoms with van der Waals surface area (Å²) < 4.78 is 2.60. The van der Waals surface area contributed by atoms with E-state index in [9.17, 15) is 0 Å². The smallest absolute Gasteiger partial charge is 0.159 e. The fourth-order valence-electron chi connectivity index (χ4n) is 8.07. The molecule has 3 nitrogen and oxygen atoms in total. The van der Waals surface area contributed by atoms with E-state index in [4.69, 9.17) is 9.98 Å². The molecule has 4 heteroatoms. The van der Waals surface area contributed by atoms with Crippen LogP contribution in [0.4, 0.5) is 0 Å². The lowest BCUT2D eigenvalue weighted by Gasteiger charge is -2.24. The molecule has 1 atom stereocenters. The molecule has 1 aromatic heterocycles. The number of thiophene rings is 1.